The van der Waals surface area contributed by atoms with Gasteiger partial charge in [0.15, 0.2) is 5.76 Å². The maximum Gasteiger partial charge on any atom is 0.167 e. The van der Waals surface area contributed by atoms with E-state index >= 15 is 0 Å². The molecule has 6 nitrogen and oxygen atoms in total. The van der Waals surface area contributed by atoms with Crippen LogP contribution in [-0.4, -0.2) is 26.2 Å². The summed E-state index contributed by atoms with van der Waals surface area (Å²) in [4.78, 5) is 8.76. The number of nitrogens with one attached hydrogen (secondary N) is 1. The average Bonchev–Trinajstić information content (AvgIpc) is 3.38. The molecule has 0 aliphatic rings. The first-order valence-electron chi connectivity index (χ1n) is 10.8. The molecule has 2 aromatic carbocycles. The van der Waals surface area contributed by atoms with Crippen molar-refractivity contribution in [3.8, 4) is 22.6 Å². The molecule has 0 amide bonds. The van der Waals surface area contributed by atoms with Crippen molar-refractivity contribution in [1.29, 1.82) is 0 Å². The Bertz CT molecular complexity index is 1440. The summed E-state index contributed by atoms with van der Waals surface area (Å²) in [5, 5.41) is 8.39. The Hall–Kier alpha value is -4.00. The second-order valence-electron chi connectivity index (χ2n) is 8.22. The van der Waals surface area contributed by atoms with Crippen LogP contribution in [0.3, 0.4) is 0 Å². The van der Waals surface area contributed by atoms with Crippen molar-refractivity contribution >= 4 is 16.7 Å². The normalized spacial score (nSPS) is 11.3. The summed E-state index contributed by atoms with van der Waals surface area (Å²) in [6.07, 6.45) is 1.56. The van der Waals surface area contributed by atoms with Crippen molar-refractivity contribution in [2.45, 2.75) is 27.3 Å². The number of hydrogen-bond acceptors (Lipinski definition) is 5. The lowest BCUT2D eigenvalue weighted by atomic mass is 10.1. The summed E-state index contributed by atoms with van der Waals surface area (Å²) in [5.41, 5.74) is 6.59. The van der Waals surface area contributed by atoms with E-state index in [4.69, 9.17) is 4.52 Å². The van der Waals surface area contributed by atoms with Crippen molar-refractivity contribution in [2.24, 2.45) is 0 Å². The van der Waals surface area contributed by atoms with Crippen LogP contribution in [0.4, 0.5) is 10.2 Å². The van der Waals surface area contributed by atoms with Crippen molar-refractivity contribution < 1.29 is 8.91 Å². The quantitative estimate of drug-likeness (QED) is 0.354. The van der Waals surface area contributed by atoms with Gasteiger partial charge in [-0.25, -0.2) is 14.4 Å². The minimum Gasteiger partial charge on any atom is -0.368 e. The smallest absolute Gasteiger partial charge is 0.167 e. The van der Waals surface area contributed by atoms with E-state index in [-0.39, 0.29) is 5.82 Å². The lowest BCUT2D eigenvalue weighted by Gasteiger charge is -2.11. The number of benzene rings is 2. The number of nitrogens with zero attached hydrogens (tertiary/aromatic N) is 4. The van der Waals surface area contributed by atoms with Gasteiger partial charge in [0.05, 0.1) is 16.9 Å². The SMILES string of the molecule is Cc1cc(-c2ccc(-c3cc(NCCn4c(C)cc5c(C)cc(F)cc54)ncn3)cc2)on1. The van der Waals surface area contributed by atoms with E-state index < -0.39 is 0 Å². The lowest BCUT2D eigenvalue weighted by molar-refractivity contribution is 0.427. The Morgan fingerprint density at radius 1 is 0.939 bits per heavy atom. The van der Waals surface area contributed by atoms with E-state index in [1.807, 2.05) is 57.2 Å². The molecule has 0 saturated carbocycles. The van der Waals surface area contributed by atoms with Crippen molar-refractivity contribution in [3.63, 3.8) is 0 Å². The van der Waals surface area contributed by atoms with Gasteiger partial charge in [-0.1, -0.05) is 29.4 Å². The van der Waals surface area contributed by atoms with Crippen LogP contribution in [-0.2, 0) is 6.54 Å². The molecule has 0 aliphatic heterocycles. The van der Waals surface area contributed by atoms with Crippen LogP contribution in [0.5, 0.6) is 0 Å². The molecular formula is C26H24FN5O. The van der Waals surface area contributed by atoms with Gasteiger partial charge in [0, 0.05) is 47.4 Å². The zero-order valence-electron chi connectivity index (χ0n) is 18.8. The van der Waals surface area contributed by atoms with Gasteiger partial charge >= 0.3 is 0 Å². The molecule has 1 N–H and O–H groups in total. The van der Waals surface area contributed by atoms with Crippen LogP contribution in [0, 0.1) is 26.6 Å². The van der Waals surface area contributed by atoms with Crippen LogP contribution >= 0.6 is 0 Å². The van der Waals surface area contributed by atoms with Gasteiger partial charge in [0.2, 0.25) is 0 Å². The molecule has 0 spiro atoms. The highest BCUT2D eigenvalue weighted by Crippen LogP contribution is 2.26. The van der Waals surface area contributed by atoms with Gasteiger partial charge in [0.25, 0.3) is 0 Å². The van der Waals surface area contributed by atoms with Crippen molar-refractivity contribution in [2.75, 3.05) is 11.9 Å². The Kier molecular flexibility index (Phi) is 5.38. The maximum atomic E-state index is 13.9. The number of aromatic nitrogens is 4. The summed E-state index contributed by atoms with van der Waals surface area (Å²) in [7, 11) is 0. The zero-order valence-corrected chi connectivity index (χ0v) is 18.8. The van der Waals surface area contributed by atoms with Gasteiger partial charge in [-0.15, -0.1) is 0 Å². The van der Waals surface area contributed by atoms with E-state index in [1.165, 1.54) is 0 Å². The van der Waals surface area contributed by atoms with Crippen LogP contribution in [0.2, 0.25) is 0 Å². The molecule has 7 heteroatoms. The summed E-state index contributed by atoms with van der Waals surface area (Å²) in [5.74, 6) is 1.27. The average molecular weight is 442 g/mol. The van der Waals surface area contributed by atoms with E-state index in [1.54, 1.807) is 18.5 Å². The Morgan fingerprint density at radius 3 is 2.48 bits per heavy atom. The molecule has 5 rings (SSSR count). The first kappa shape index (κ1) is 20.9. The molecule has 0 fully saturated rings. The third-order valence-electron chi connectivity index (χ3n) is 5.80. The maximum absolute atomic E-state index is 13.9. The molecule has 0 aliphatic carbocycles. The van der Waals surface area contributed by atoms with Gasteiger partial charge in [-0.2, -0.15) is 0 Å². The van der Waals surface area contributed by atoms with Crippen LogP contribution in [0.25, 0.3) is 33.5 Å². The van der Waals surface area contributed by atoms with Crippen LogP contribution in [0.15, 0.2) is 65.4 Å². The van der Waals surface area contributed by atoms with Crippen LogP contribution < -0.4 is 5.32 Å². The highest BCUT2D eigenvalue weighted by molar-refractivity contribution is 5.84. The molecule has 0 atom stereocenters. The topological polar surface area (TPSA) is 68.8 Å². The van der Waals surface area contributed by atoms with Gasteiger partial charge < -0.3 is 14.4 Å². The second-order valence-corrected chi connectivity index (χ2v) is 8.22. The van der Waals surface area contributed by atoms with E-state index in [2.05, 4.69) is 31.1 Å². The Labute approximate surface area is 191 Å². The van der Waals surface area contributed by atoms with Gasteiger partial charge in [-0.05, 0) is 44.5 Å². The first-order valence-corrected chi connectivity index (χ1v) is 10.8. The molecular weight excluding hydrogens is 417 g/mol. The summed E-state index contributed by atoms with van der Waals surface area (Å²) in [6, 6.07) is 17.1. The highest BCUT2D eigenvalue weighted by Gasteiger charge is 2.10. The van der Waals surface area contributed by atoms with E-state index in [0.717, 1.165) is 56.3 Å². The van der Waals surface area contributed by atoms with Gasteiger partial charge in [-0.3, -0.25) is 0 Å². The molecule has 0 radical (unpaired) electrons. The third kappa shape index (κ3) is 4.22. The number of fused-ring (bicyclic) bond motifs is 1. The fraction of sp³-hybridized carbons (Fsp3) is 0.192. The minimum atomic E-state index is -0.211. The molecule has 0 unspecified atom stereocenters. The fourth-order valence-corrected chi connectivity index (χ4v) is 4.13. The molecule has 166 valence electrons. The number of halogens is 1. The largest absolute Gasteiger partial charge is 0.368 e. The summed E-state index contributed by atoms with van der Waals surface area (Å²) >= 11 is 0. The molecule has 3 aromatic heterocycles. The summed E-state index contributed by atoms with van der Waals surface area (Å²) in [6.45, 7) is 7.23. The standard InChI is InChI=1S/C26H24FN5O/c1-16-10-21(27)13-24-22(16)12-18(3)32(24)9-8-28-26-14-23(29-15-30-26)19-4-6-20(7-5-19)25-11-17(2)31-33-25/h4-7,10-15H,8-9H2,1-3H3,(H,28,29,30). The molecule has 0 saturated heterocycles. The van der Waals surface area contributed by atoms with Crippen molar-refractivity contribution in [3.05, 3.63) is 83.7 Å². The van der Waals surface area contributed by atoms with Crippen LogP contribution in [0.1, 0.15) is 17.0 Å². The molecule has 0 bridgehead atoms. The zero-order chi connectivity index (χ0) is 22.9. The summed E-state index contributed by atoms with van der Waals surface area (Å²) < 4.78 is 21.4. The third-order valence-corrected chi connectivity index (χ3v) is 5.80. The van der Waals surface area contributed by atoms with E-state index in [9.17, 15) is 4.39 Å². The molecule has 5 aromatic rings. The number of aryl methyl sites for hydroxylation is 3. The first-order chi connectivity index (χ1) is 16.0. The number of hydrogen-bond donors (Lipinski definition) is 1. The second kappa shape index (κ2) is 8.50. The number of anilines is 1. The molecule has 33 heavy (non-hydrogen) atoms. The molecule has 3 heterocycles. The number of rotatable bonds is 6. The fourth-order valence-electron chi connectivity index (χ4n) is 4.13. The lowest BCUT2D eigenvalue weighted by Crippen LogP contribution is -2.12. The predicted molar refractivity (Wildman–Crippen MR) is 128 cm³/mol. The minimum absolute atomic E-state index is 0.211. The van der Waals surface area contributed by atoms with Gasteiger partial charge in [0.1, 0.15) is 18.0 Å². The Balaban J connectivity index is 1.30. The Morgan fingerprint density at radius 2 is 1.73 bits per heavy atom. The predicted octanol–water partition coefficient (Wildman–Crippen LogP) is 5.93. The van der Waals surface area contributed by atoms with Crippen molar-refractivity contribution in [1.82, 2.24) is 19.7 Å². The van der Waals surface area contributed by atoms with E-state index in [0.29, 0.717) is 13.1 Å². The monoisotopic (exact) mass is 441 g/mol. The highest BCUT2D eigenvalue weighted by atomic mass is 19.1.